The molecule has 0 saturated carbocycles. The molecular weight excluding hydrogens is 348 g/mol. The molecule has 1 aliphatic rings. The third-order valence-electron chi connectivity index (χ3n) is 3.98. The summed E-state index contributed by atoms with van der Waals surface area (Å²) in [7, 11) is 3.33. The highest BCUT2D eigenvalue weighted by Crippen LogP contribution is 2.33. The minimum atomic E-state index is -0.960. The van der Waals surface area contributed by atoms with E-state index in [1.54, 1.807) is 19.1 Å². The fourth-order valence-corrected chi connectivity index (χ4v) is 2.96. The first-order chi connectivity index (χ1) is 10.5. The van der Waals surface area contributed by atoms with Crippen molar-refractivity contribution < 1.29 is 14.3 Å². The average Bonchev–Trinajstić information content (AvgIpc) is 2.56. The Morgan fingerprint density at radius 3 is 2.77 bits per heavy atom. The van der Waals surface area contributed by atoms with E-state index in [0.717, 1.165) is 15.8 Å². The second kappa shape index (κ2) is 7.12. The monoisotopic (exact) mass is 366 g/mol. The molecule has 22 heavy (non-hydrogen) atoms. The molecule has 2 rings (SSSR count). The Labute approximate surface area is 138 Å². The predicted octanol–water partition coefficient (Wildman–Crippen LogP) is 2.74. The fourth-order valence-electron chi connectivity index (χ4n) is 2.59. The van der Waals surface area contributed by atoms with Crippen molar-refractivity contribution in [3.63, 3.8) is 0 Å². The van der Waals surface area contributed by atoms with Gasteiger partial charge in [-0.05, 0) is 36.6 Å². The van der Waals surface area contributed by atoms with E-state index in [9.17, 15) is 10.1 Å². The number of halogens is 1. The molecule has 0 aromatic heterocycles. The van der Waals surface area contributed by atoms with Gasteiger partial charge in [-0.1, -0.05) is 15.9 Å². The van der Waals surface area contributed by atoms with E-state index in [4.69, 9.17) is 9.47 Å². The summed E-state index contributed by atoms with van der Waals surface area (Å²) in [4.78, 5) is 14.3. The lowest BCUT2D eigenvalue weighted by atomic mass is 9.80. The SMILES string of the molecule is COc1ccc(Br)c(CN(C)C(=O)C2(C#N)CCOCC2)c1. The second-order valence-electron chi connectivity index (χ2n) is 5.42. The van der Waals surface area contributed by atoms with Crippen LogP contribution < -0.4 is 4.74 Å². The van der Waals surface area contributed by atoms with Crippen LogP contribution in [0.2, 0.25) is 0 Å². The molecule has 5 nitrogen and oxygen atoms in total. The molecule has 1 saturated heterocycles. The summed E-state index contributed by atoms with van der Waals surface area (Å²) in [5.74, 6) is 0.591. The van der Waals surface area contributed by atoms with Crippen LogP contribution in [0, 0.1) is 16.7 Å². The Kier molecular flexibility index (Phi) is 5.43. The molecule has 118 valence electrons. The van der Waals surface area contributed by atoms with Crippen molar-refractivity contribution in [2.45, 2.75) is 19.4 Å². The molecule has 0 radical (unpaired) electrons. The Morgan fingerprint density at radius 2 is 2.18 bits per heavy atom. The first-order valence-corrected chi connectivity index (χ1v) is 7.89. The molecule has 1 aliphatic heterocycles. The van der Waals surface area contributed by atoms with Gasteiger partial charge in [0.1, 0.15) is 11.2 Å². The Balaban J connectivity index is 2.16. The number of rotatable bonds is 4. The predicted molar refractivity (Wildman–Crippen MR) is 85.3 cm³/mol. The lowest BCUT2D eigenvalue weighted by molar-refractivity contribution is -0.142. The van der Waals surface area contributed by atoms with E-state index in [0.29, 0.717) is 32.6 Å². The lowest BCUT2D eigenvalue weighted by Gasteiger charge is -2.33. The van der Waals surface area contributed by atoms with Crippen molar-refractivity contribution in [2.24, 2.45) is 5.41 Å². The minimum absolute atomic E-state index is 0.145. The number of benzene rings is 1. The quantitative estimate of drug-likeness (QED) is 0.821. The number of nitriles is 1. The first-order valence-electron chi connectivity index (χ1n) is 7.09. The number of amides is 1. The Morgan fingerprint density at radius 1 is 1.50 bits per heavy atom. The van der Waals surface area contributed by atoms with Crippen LogP contribution in [0.25, 0.3) is 0 Å². The van der Waals surface area contributed by atoms with Gasteiger partial charge >= 0.3 is 0 Å². The zero-order chi connectivity index (χ0) is 16.2. The average molecular weight is 367 g/mol. The molecular formula is C16H19BrN2O3. The van der Waals surface area contributed by atoms with Crippen molar-refractivity contribution in [2.75, 3.05) is 27.4 Å². The van der Waals surface area contributed by atoms with Gasteiger partial charge < -0.3 is 14.4 Å². The van der Waals surface area contributed by atoms with Gasteiger partial charge in [-0.3, -0.25) is 4.79 Å². The highest BCUT2D eigenvalue weighted by molar-refractivity contribution is 9.10. The number of nitrogens with zero attached hydrogens (tertiary/aromatic N) is 2. The highest BCUT2D eigenvalue weighted by Gasteiger charge is 2.42. The third kappa shape index (κ3) is 3.42. The smallest absolute Gasteiger partial charge is 0.243 e. The van der Waals surface area contributed by atoms with Crippen LogP contribution in [-0.2, 0) is 16.1 Å². The van der Waals surface area contributed by atoms with E-state index < -0.39 is 5.41 Å². The van der Waals surface area contributed by atoms with Crippen LogP contribution in [0.5, 0.6) is 5.75 Å². The summed E-state index contributed by atoms with van der Waals surface area (Å²) in [5, 5.41) is 9.48. The zero-order valence-electron chi connectivity index (χ0n) is 12.8. The Hall–Kier alpha value is -1.58. The van der Waals surface area contributed by atoms with Crippen LogP contribution in [-0.4, -0.2) is 38.2 Å². The summed E-state index contributed by atoms with van der Waals surface area (Å²) in [6, 6.07) is 7.84. The van der Waals surface area contributed by atoms with Crippen LogP contribution >= 0.6 is 15.9 Å². The molecule has 0 bridgehead atoms. The number of methoxy groups -OCH3 is 1. The maximum atomic E-state index is 12.7. The van der Waals surface area contributed by atoms with Gasteiger partial charge in [-0.2, -0.15) is 5.26 Å². The number of carbonyl (C=O) groups is 1. The highest BCUT2D eigenvalue weighted by atomic mass is 79.9. The van der Waals surface area contributed by atoms with Gasteiger partial charge in [0, 0.05) is 31.3 Å². The normalized spacial score (nSPS) is 16.6. The van der Waals surface area contributed by atoms with Gasteiger partial charge in [0.2, 0.25) is 5.91 Å². The van der Waals surface area contributed by atoms with Crippen molar-refractivity contribution in [1.29, 1.82) is 5.26 Å². The lowest BCUT2D eigenvalue weighted by Crippen LogP contribution is -2.44. The number of ether oxygens (including phenoxy) is 2. The van der Waals surface area contributed by atoms with Crippen LogP contribution in [0.3, 0.4) is 0 Å². The summed E-state index contributed by atoms with van der Waals surface area (Å²) < 4.78 is 11.4. The molecule has 1 fully saturated rings. The largest absolute Gasteiger partial charge is 0.497 e. The van der Waals surface area contributed by atoms with E-state index in [1.807, 2.05) is 18.2 Å². The van der Waals surface area contributed by atoms with Gasteiger partial charge in [0.05, 0.1) is 13.2 Å². The van der Waals surface area contributed by atoms with Crippen LogP contribution in [0.15, 0.2) is 22.7 Å². The van der Waals surface area contributed by atoms with Crippen molar-refractivity contribution in [3.05, 3.63) is 28.2 Å². The number of carbonyl (C=O) groups excluding carboxylic acids is 1. The Bertz CT molecular complexity index is 592. The van der Waals surface area contributed by atoms with E-state index in [-0.39, 0.29) is 5.91 Å². The van der Waals surface area contributed by atoms with Gasteiger partial charge in [-0.15, -0.1) is 0 Å². The summed E-state index contributed by atoms with van der Waals surface area (Å²) in [6.07, 6.45) is 0.901. The molecule has 0 atom stereocenters. The molecule has 0 spiro atoms. The number of hydrogen-bond acceptors (Lipinski definition) is 4. The summed E-state index contributed by atoms with van der Waals surface area (Å²) in [6.45, 7) is 1.33. The van der Waals surface area contributed by atoms with Crippen molar-refractivity contribution >= 4 is 21.8 Å². The minimum Gasteiger partial charge on any atom is -0.497 e. The molecule has 0 N–H and O–H groups in total. The van der Waals surface area contributed by atoms with E-state index >= 15 is 0 Å². The molecule has 1 heterocycles. The first kappa shape index (κ1) is 16.8. The molecule has 6 heteroatoms. The molecule has 1 amide bonds. The van der Waals surface area contributed by atoms with Gasteiger partial charge in [0.15, 0.2) is 0 Å². The summed E-state index contributed by atoms with van der Waals surface area (Å²) >= 11 is 3.49. The molecule has 1 aromatic carbocycles. The zero-order valence-corrected chi connectivity index (χ0v) is 14.4. The molecule has 0 unspecified atom stereocenters. The van der Waals surface area contributed by atoms with E-state index in [1.165, 1.54) is 0 Å². The standard InChI is InChI=1S/C16H19BrN2O3/c1-19(10-12-9-13(21-2)3-4-14(12)17)15(20)16(11-18)5-7-22-8-6-16/h3-4,9H,5-8,10H2,1-2H3. The van der Waals surface area contributed by atoms with Gasteiger partial charge in [0.25, 0.3) is 0 Å². The van der Waals surface area contributed by atoms with Gasteiger partial charge in [-0.25, -0.2) is 0 Å². The number of hydrogen-bond donors (Lipinski definition) is 0. The van der Waals surface area contributed by atoms with Crippen molar-refractivity contribution in [1.82, 2.24) is 4.90 Å². The van der Waals surface area contributed by atoms with E-state index in [2.05, 4.69) is 22.0 Å². The molecule has 0 aliphatic carbocycles. The van der Waals surface area contributed by atoms with Crippen LogP contribution in [0.1, 0.15) is 18.4 Å². The third-order valence-corrected chi connectivity index (χ3v) is 4.75. The molecule has 1 aromatic rings. The van der Waals surface area contributed by atoms with Crippen molar-refractivity contribution in [3.8, 4) is 11.8 Å². The second-order valence-corrected chi connectivity index (χ2v) is 6.28. The summed E-state index contributed by atoms with van der Waals surface area (Å²) in [5.41, 5.74) is -0.0198. The maximum absolute atomic E-state index is 12.7. The van der Waals surface area contributed by atoms with Crippen LogP contribution in [0.4, 0.5) is 0 Å². The topological polar surface area (TPSA) is 62.6 Å². The maximum Gasteiger partial charge on any atom is 0.243 e. The fraction of sp³-hybridized carbons (Fsp3) is 0.500.